The van der Waals surface area contributed by atoms with Gasteiger partial charge in [-0.3, -0.25) is 9.59 Å². The molecule has 1 aliphatic carbocycles. The Hall–Kier alpha value is -0.900. The van der Waals surface area contributed by atoms with Gasteiger partial charge in [-0.15, -0.1) is 0 Å². The quantitative estimate of drug-likeness (QED) is 0.692. The van der Waals surface area contributed by atoms with E-state index >= 15 is 0 Å². The van der Waals surface area contributed by atoms with Crippen LogP contribution in [-0.4, -0.2) is 27.6 Å². The van der Waals surface area contributed by atoms with Crippen molar-refractivity contribution >= 4 is 11.8 Å². The first-order chi connectivity index (χ1) is 6.19. The highest BCUT2D eigenvalue weighted by molar-refractivity contribution is 5.91. The second-order valence-corrected chi connectivity index (χ2v) is 4.72. The summed E-state index contributed by atoms with van der Waals surface area (Å²) in [5, 5.41) is 18.6. The summed E-state index contributed by atoms with van der Waals surface area (Å²) in [5.41, 5.74) is -2.06. The molecule has 0 saturated heterocycles. The van der Waals surface area contributed by atoms with E-state index in [1.807, 2.05) is 0 Å². The molecule has 14 heavy (non-hydrogen) atoms. The van der Waals surface area contributed by atoms with Crippen LogP contribution in [0.25, 0.3) is 0 Å². The lowest BCUT2D eigenvalue weighted by Gasteiger charge is -2.35. The van der Waals surface area contributed by atoms with E-state index in [1.165, 1.54) is 6.92 Å². The van der Waals surface area contributed by atoms with E-state index in [-0.39, 0.29) is 24.5 Å². The fourth-order valence-electron chi connectivity index (χ4n) is 1.97. The van der Waals surface area contributed by atoms with Crippen molar-refractivity contribution < 1.29 is 19.8 Å². The summed E-state index contributed by atoms with van der Waals surface area (Å²) in [6, 6.07) is 0. The first kappa shape index (κ1) is 11.2. The lowest BCUT2D eigenvalue weighted by molar-refractivity contribution is -0.143. The number of carboxylic acid groups (broad SMARTS) is 1. The van der Waals surface area contributed by atoms with Gasteiger partial charge in [0.05, 0.1) is 0 Å². The SMILES string of the molecule is CC1(C)[C@@H](CC(=O)O)CC(=O)[C@@]1(C)O. The highest BCUT2D eigenvalue weighted by atomic mass is 16.4. The van der Waals surface area contributed by atoms with Crippen LogP contribution < -0.4 is 0 Å². The monoisotopic (exact) mass is 200 g/mol. The third-order valence-electron chi connectivity index (χ3n) is 3.67. The summed E-state index contributed by atoms with van der Waals surface area (Å²) in [6.07, 6.45) is 0.0984. The van der Waals surface area contributed by atoms with E-state index in [9.17, 15) is 14.7 Å². The summed E-state index contributed by atoms with van der Waals surface area (Å²) in [5.74, 6) is -1.45. The van der Waals surface area contributed by atoms with Crippen molar-refractivity contribution in [2.45, 2.75) is 39.2 Å². The number of hydrogen-bond donors (Lipinski definition) is 2. The predicted octanol–water partition coefficient (Wildman–Crippen LogP) is 0.827. The lowest BCUT2D eigenvalue weighted by atomic mass is 9.72. The summed E-state index contributed by atoms with van der Waals surface area (Å²) in [6.45, 7) is 4.95. The van der Waals surface area contributed by atoms with Crippen molar-refractivity contribution in [3.63, 3.8) is 0 Å². The predicted molar refractivity (Wildman–Crippen MR) is 49.8 cm³/mol. The van der Waals surface area contributed by atoms with Crippen LogP contribution in [0.4, 0.5) is 0 Å². The molecule has 80 valence electrons. The van der Waals surface area contributed by atoms with Crippen molar-refractivity contribution in [2.24, 2.45) is 11.3 Å². The number of carboxylic acids is 1. The van der Waals surface area contributed by atoms with Crippen molar-refractivity contribution in [2.75, 3.05) is 0 Å². The summed E-state index contributed by atoms with van der Waals surface area (Å²) in [4.78, 5) is 22.0. The molecule has 0 aromatic carbocycles. The topological polar surface area (TPSA) is 74.6 Å². The van der Waals surface area contributed by atoms with Crippen molar-refractivity contribution in [3.05, 3.63) is 0 Å². The zero-order valence-corrected chi connectivity index (χ0v) is 8.70. The number of aliphatic carboxylic acids is 1. The van der Waals surface area contributed by atoms with Gasteiger partial charge < -0.3 is 10.2 Å². The zero-order chi connectivity index (χ0) is 11.1. The molecule has 0 bridgehead atoms. The van der Waals surface area contributed by atoms with Gasteiger partial charge in [0.25, 0.3) is 0 Å². The minimum atomic E-state index is -1.40. The van der Waals surface area contributed by atoms with Gasteiger partial charge in [0.15, 0.2) is 5.78 Å². The molecule has 0 aromatic rings. The number of Topliss-reactive ketones (excluding diaryl/α,β-unsaturated/α-hetero) is 1. The molecular formula is C10H16O4. The van der Waals surface area contributed by atoms with Gasteiger partial charge in [0.2, 0.25) is 0 Å². The smallest absolute Gasteiger partial charge is 0.303 e. The molecule has 0 spiro atoms. The first-order valence-electron chi connectivity index (χ1n) is 4.67. The Morgan fingerprint density at radius 3 is 2.29 bits per heavy atom. The van der Waals surface area contributed by atoms with E-state index < -0.39 is 17.0 Å². The molecule has 0 unspecified atom stereocenters. The molecule has 1 aliphatic rings. The van der Waals surface area contributed by atoms with Gasteiger partial charge in [-0.1, -0.05) is 13.8 Å². The Morgan fingerprint density at radius 1 is 1.50 bits per heavy atom. The van der Waals surface area contributed by atoms with Gasteiger partial charge in [0.1, 0.15) is 5.60 Å². The maximum atomic E-state index is 11.5. The molecule has 2 N–H and O–H groups in total. The van der Waals surface area contributed by atoms with E-state index in [1.54, 1.807) is 13.8 Å². The Balaban J connectivity index is 2.94. The molecule has 0 radical (unpaired) electrons. The Morgan fingerprint density at radius 2 is 2.00 bits per heavy atom. The van der Waals surface area contributed by atoms with Crippen LogP contribution in [0.2, 0.25) is 0 Å². The molecule has 4 heteroatoms. The summed E-state index contributed by atoms with van der Waals surface area (Å²) >= 11 is 0. The van der Waals surface area contributed by atoms with Crippen molar-refractivity contribution in [1.82, 2.24) is 0 Å². The van der Waals surface area contributed by atoms with E-state index in [0.29, 0.717) is 0 Å². The van der Waals surface area contributed by atoms with E-state index in [2.05, 4.69) is 0 Å². The van der Waals surface area contributed by atoms with Crippen LogP contribution in [0.15, 0.2) is 0 Å². The van der Waals surface area contributed by atoms with Crippen molar-refractivity contribution in [1.29, 1.82) is 0 Å². The summed E-state index contributed by atoms with van der Waals surface area (Å²) < 4.78 is 0. The first-order valence-corrected chi connectivity index (χ1v) is 4.67. The molecule has 1 rings (SSSR count). The molecule has 0 aromatic heterocycles. The second kappa shape index (κ2) is 3.05. The molecular weight excluding hydrogens is 184 g/mol. The number of hydrogen-bond acceptors (Lipinski definition) is 3. The van der Waals surface area contributed by atoms with Gasteiger partial charge in [-0.25, -0.2) is 0 Å². The van der Waals surface area contributed by atoms with Gasteiger partial charge in [-0.2, -0.15) is 0 Å². The summed E-state index contributed by atoms with van der Waals surface area (Å²) in [7, 11) is 0. The van der Waals surface area contributed by atoms with Gasteiger partial charge in [0, 0.05) is 18.3 Å². The molecule has 4 nitrogen and oxygen atoms in total. The van der Waals surface area contributed by atoms with E-state index in [4.69, 9.17) is 5.11 Å². The third kappa shape index (κ3) is 1.43. The number of carbonyl (C=O) groups excluding carboxylic acids is 1. The highest BCUT2D eigenvalue weighted by Crippen LogP contribution is 2.49. The number of ketones is 1. The lowest BCUT2D eigenvalue weighted by Crippen LogP contribution is -2.44. The molecule has 0 heterocycles. The fourth-order valence-corrected chi connectivity index (χ4v) is 1.97. The average molecular weight is 200 g/mol. The molecule has 1 fully saturated rings. The van der Waals surface area contributed by atoms with E-state index in [0.717, 1.165) is 0 Å². The van der Waals surface area contributed by atoms with Crippen LogP contribution in [0.5, 0.6) is 0 Å². The molecule has 0 amide bonds. The fraction of sp³-hybridized carbons (Fsp3) is 0.800. The largest absolute Gasteiger partial charge is 0.481 e. The second-order valence-electron chi connectivity index (χ2n) is 4.72. The standard InChI is InChI=1S/C10H16O4/c1-9(2)6(5-8(12)13)4-7(11)10(9,3)14/h6,14H,4-5H2,1-3H3,(H,12,13)/t6-,10-/m1/s1. The molecule has 2 atom stereocenters. The Kier molecular flexibility index (Phi) is 2.44. The van der Waals surface area contributed by atoms with Crippen LogP contribution >= 0.6 is 0 Å². The minimum Gasteiger partial charge on any atom is -0.481 e. The van der Waals surface area contributed by atoms with Crippen LogP contribution in [0, 0.1) is 11.3 Å². The van der Waals surface area contributed by atoms with Crippen LogP contribution in [-0.2, 0) is 9.59 Å². The zero-order valence-electron chi connectivity index (χ0n) is 8.70. The average Bonchev–Trinajstić information content (AvgIpc) is 2.12. The Bertz CT molecular complexity index is 278. The van der Waals surface area contributed by atoms with Gasteiger partial charge in [-0.05, 0) is 12.8 Å². The van der Waals surface area contributed by atoms with Crippen LogP contribution in [0.1, 0.15) is 33.6 Å². The highest BCUT2D eigenvalue weighted by Gasteiger charge is 2.56. The maximum Gasteiger partial charge on any atom is 0.303 e. The number of rotatable bonds is 2. The number of carbonyl (C=O) groups is 2. The minimum absolute atomic E-state index is 0.0606. The van der Waals surface area contributed by atoms with Crippen molar-refractivity contribution in [3.8, 4) is 0 Å². The normalized spacial score (nSPS) is 36.0. The number of aliphatic hydroxyl groups is 1. The Labute approximate surface area is 82.9 Å². The van der Waals surface area contributed by atoms with Gasteiger partial charge >= 0.3 is 5.97 Å². The maximum absolute atomic E-state index is 11.5. The van der Waals surface area contributed by atoms with Crippen LogP contribution in [0.3, 0.4) is 0 Å². The molecule has 0 aliphatic heterocycles. The molecule has 1 saturated carbocycles. The third-order valence-corrected chi connectivity index (χ3v) is 3.67.